The maximum absolute atomic E-state index is 5.36. The highest BCUT2D eigenvalue weighted by atomic mass is 16.7. The lowest BCUT2D eigenvalue weighted by Gasteiger charge is -2.07. The van der Waals surface area contributed by atoms with Crippen LogP contribution in [0.1, 0.15) is 25.8 Å². The van der Waals surface area contributed by atoms with Crippen LogP contribution in [0.3, 0.4) is 0 Å². The molecular weight excluding hydrogens is 214 g/mol. The second-order valence-electron chi connectivity index (χ2n) is 5.71. The van der Waals surface area contributed by atoms with E-state index in [-0.39, 0.29) is 0 Å². The summed E-state index contributed by atoms with van der Waals surface area (Å²) in [6, 6.07) is 6.15. The van der Waals surface area contributed by atoms with Crippen LogP contribution in [0, 0.1) is 11.3 Å². The minimum absolute atomic E-state index is 0.350. The van der Waals surface area contributed by atoms with Gasteiger partial charge in [-0.25, -0.2) is 0 Å². The van der Waals surface area contributed by atoms with E-state index in [4.69, 9.17) is 9.47 Å². The van der Waals surface area contributed by atoms with Crippen LogP contribution in [0.2, 0.25) is 0 Å². The van der Waals surface area contributed by atoms with Gasteiger partial charge in [-0.3, -0.25) is 0 Å². The van der Waals surface area contributed by atoms with E-state index in [2.05, 4.69) is 31.3 Å². The highest BCUT2D eigenvalue weighted by Crippen LogP contribution is 2.51. The Hall–Kier alpha value is -1.22. The summed E-state index contributed by atoms with van der Waals surface area (Å²) in [6.07, 6.45) is 1.35. The third-order valence-electron chi connectivity index (χ3n) is 3.87. The van der Waals surface area contributed by atoms with Gasteiger partial charge in [0.25, 0.3) is 0 Å². The molecule has 1 fully saturated rings. The second kappa shape index (κ2) is 3.91. The Balaban J connectivity index is 1.52. The number of fused-ring (bicyclic) bond motifs is 1. The lowest BCUT2D eigenvalue weighted by Crippen LogP contribution is -2.17. The molecule has 3 nitrogen and oxygen atoms in total. The zero-order valence-corrected chi connectivity index (χ0v) is 10.5. The van der Waals surface area contributed by atoms with E-state index in [0.29, 0.717) is 12.2 Å². The molecule has 3 rings (SSSR count). The molecule has 3 heteroatoms. The average Bonchev–Trinajstić information content (AvgIpc) is 2.74. The van der Waals surface area contributed by atoms with Crippen LogP contribution in [-0.4, -0.2) is 13.3 Å². The van der Waals surface area contributed by atoms with Gasteiger partial charge in [-0.15, -0.1) is 0 Å². The van der Waals surface area contributed by atoms with E-state index in [1.807, 2.05) is 6.07 Å². The van der Waals surface area contributed by atoms with Crippen LogP contribution >= 0.6 is 0 Å². The zero-order valence-electron chi connectivity index (χ0n) is 10.5. The molecule has 0 amide bonds. The van der Waals surface area contributed by atoms with Gasteiger partial charge in [0.05, 0.1) is 0 Å². The number of rotatable bonds is 4. The van der Waals surface area contributed by atoms with Crippen molar-refractivity contribution >= 4 is 0 Å². The van der Waals surface area contributed by atoms with Gasteiger partial charge in [0.15, 0.2) is 11.5 Å². The van der Waals surface area contributed by atoms with Gasteiger partial charge in [0, 0.05) is 6.54 Å². The van der Waals surface area contributed by atoms with E-state index in [9.17, 15) is 0 Å². The van der Waals surface area contributed by atoms with Crippen LogP contribution in [0.5, 0.6) is 11.5 Å². The maximum Gasteiger partial charge on any atom is 0.231 e. The molecule has 1 aliphatic carbocycles. The van der Waals surface area contributed by atoms with Crippen LogP contribution in [-0.2, 0) is 6.54 Å². The summed E-state index contributed by atoms with van der Waals surface area (Å²) in [5, 5.41) is 3.51. The highest BCUT2D eigenvalue weighted by Gasteiger charge is 2.44. The molecule has 1 atom stereocenters. The molecule has 1 heterocycles. The molecule has 92 valence electrons. The summed E-state index contributed by atoms with van der Waals surface area (Å²) in [4.78, 5) is 0. The van der Waals surface area contributed by atoms with Crippen LogP contribution in [0.4, 0.5) is 0 Å². The summed E-state index contributed by atoms with van der Waals surface area (Å²) in [6.45, 7) is 7.03. The highest BCUT2D eigenvalue weighted by molar-refractivity contribution is 5.44. The van der Waals surface area contributed by atoms with Gasteiger partial charge in [-0.1, -0.05) is 19.9 Å². The smallest absolute Gasteiger partial charge is 0.231 e. The lowest BCUT2D eigenvalue weighted by molar-refractivity contribution is 0.174. The molecule has 0 saturated heterocycles. The van der Waals surface area contributed by atoms with Crippen LogP contribution in [0.15, 0.2) is 18.2 Å². The van der Waals surface area contributed by atoms with Crippen molar-refractivity contribution in [1.82, 2.24) is 5.32 Å². The van der Waals surface area contributed by atoms with E-state index < -0.39 is 0 Å². The lowest BCUT2D eigenvalue weighted by atomic mass is 10.1. The van der Waals surface area contributed by atoms with Crippen molar-refractivity contribution in [2.75, 3.05) is 13.3 Å². The molecule has 0 aromatic heterocycles. The Morgan fingerprint density at radius 2 is 2.06 bits per heavy atom. The fourth-order valence-corrected chi connectivity index (χ4v) is 2.37. The van der Waals surface area contributed by atoms with Gasteiger partial charge in [-0.2, -0.15) is 0 Å². The number of benzene rings is 1. The normalized spacial score (nSPS) is 23.8. The minimum atomic E-state index is 0.350. The van der Waals surface area contributed by atoms with Crippen molar-refractivity contribution in [3.05, 3.63) is 23.8 Å². The van der Waals surface area contributed by atoms with Crippen molar-refractivity contribution in [2.45, 2.75) is 26.8 Å². The predicted octanol–water partition coefficient (Wildman–Crippen LogP) is 2.55. The Morgan fingerprint density at radius 3 is 2.82 bits per heavy atom. The molecule has 1 aliphatic heterocycles. The van der Waals surface area contributed by atoms with E-state index in [1.54, 1.807) is 0 Å². The van der Waals surface area contributed by atoms with Crippen molar-refractivity contribution in [3.8, 4) is 11.5 Å². The minimum Gasteiger partial charge on any atom is -0.454 e. The van der Waals surface area contributed by atoms with Gasteiger partial charge in [0.2, 0.25) is 6.79 Å². The topological polar surface area (TPSA) is 30.5 Å². The molecule has 1 N–H and O–H groups in total. The van der Waals surface area contributed by atoms with Gasteiger partial charge < -0.3 is 14.8 Å². The third kappa shape index (κ3) is 2.25. The maximum atomic E-state index is 5.36. The van der Waals surface area contributed by atoms with E-state index >= 15 is 0 Å². The predicted molar refractivity (Wildman–Crippen MR) is 66.2 cm³/mol. The van der Waals surface area contributed by atoms with Crippen molar-refractivity contribution in [2.24, 2.45) is 11.3 Å². The van der Waals surface area contributed by atoms with Crippen LogP contribution < -0.4 is 14.8 Å². The van der Waals surface area contributed by atoms with Crippen molar-refractivity contribution < 1.29 is 9.47 Å². The van der Waals surface area contributed by atoms with E-state index in [1.165, 1.54) is 12.0 Å². The largest absolute Gasteiger partial charge is 0.454 e. The summed E-state index contributed by atoms with van der Waals surface area (Å²) >= 11 is 0. The Kier molecular flexibility index (Phi) is 2.51. The quantitative estimate of drug-likeness (QED) is 0.867. The molecule has 0 spiro atoms. The van der Waals surface area contributed by atoms with Crippen LogP contribution in [0.25, 0.3) is 0 Å². The Bertz CT molecular complexity index is 428. The monoisotopic (exact) mass is 233 g/mol. The summed E-state index contributed by atoms with van der Waals surface area (Å²) in [5.41, 5.74) is 1.81. The molecule has 1 aromatic carbocycles. The Labute approximate surface area is 102 Å². The third-order valence-corrected chi connectivity index (χ3v) is 3.87. The first-order chi connectivity index (χ1) is 8.15. The standard InChI is InChI=1S/C14H19NO2/c1-14(2)6-11(14)8-15-7-10-3-4-12-13(5-10)17-9-16-12/h3-5,11,15H,6-9H2,1-2H3. The fraction of sp³-hybridized carbons (Fsp3) is 0.571. The fourth-order valence-electron chi connectivity index (χ4n) is 2.37. The second-order valence-corrected chi connectivity index (χ2v) is 5.71. The van der Waals surface area contributed by atoms with Gasteiger partial charge >= 0.3 is 0 Å². The number of nitrogens with one attached hydrogen (secondary N) is 1. The molecule has 0 radical (unpaired) electrons. The van der Waals surface area contributed by atoms with Crippen molar-refractivity contribution in [1.29, 1.82) is 0 Å². The molecule has 0 bridgehead atoms. The molecule has 1 unspecified atom stereocenters. The Morgan fingerprint density at radius 1 is 1.29 bits per heavy atom. The zero-order chi connectivity index (χ0) is 11.9. The summed E-state index contributed by atoms with van der Waals surface area (Å²) in [5.74, 6) is 2.57. The first kappa shape index (κ1) is 10.9. The number of ether oxygens (including phenoxy) is 2. The van der Waals surface area contributed by atoms with Crippen molar-refractivity contribution in [3.63, 3.8) is 0 Å². The molecular formula is C14H19NO2. The summed E-state index contributed by atoms with van der Waals surface area (Å²) in [7, 11) is 0. The molecule has 17 heavy (non-hydrogen) atoms. The molecule has 2 aliphatic rings. The summed E-state index contributed by atoms with van der Waals surface area (Å²) < 4.78 is 10.7. The van der Waals surface area contributed by atoms with Gasteiger partial charge in [0.1, 0.15) is 0 Å². The molecule has 1 saturated carbocycles. The van der Waals surface area contributed by atoms with E-state index in [0.717, 1.165) is 30.5 Å². The average molecular weight is 233 g/mol. The van der Waals surface area contributed by atoms with Gasteiger partial charge in [-0.05, 0) is 42.0 Å². The number of hydrogen-bond donors (Lipinski definition) is 1. The SMILES string of the molecule is CC1(C)CC1CNCc1ccc2c(c1)OCO2. The first-order valence-electron chi connectivity index (χ1n) is 6.24. The molecule has 1 aromatic rings. The first-order valence-corrected chi connectivity index (χ1v) is 6.24. The number of hydrogen-bond acceptors (Lipinski definition) is 3.